The molecule has 2 heterocycles. The van der Waals surface area contributed by atoms with E-state index >= 15 is 0 Å². The lowest BCUT2D eigenvalue weighted by Gasteiger charge is -2.39. The molecule has 0 radical (unpaired) electrons. The number of carbonyl (C=O) groups is 1. The van der Waals surface area contributed by atoms with Gasteiger partial charge in [0.05, 0.1) is 6.04 Å². The molecule has 4 rings (SSSR count). The van der Waals surface area contributed by atoms with Crippen molar-refractivity contribution >= 4 is 11.9 Å². The third kappa shape index (κ3) is 5.32. The SMILES string of the molecule is CN=C(NCCN1CCN(C(=O)C2CCC2)CC1)NC1CC(C)(C)Oc2ccccc21. The van der Waals surface area contributed by atoms with Gasteiger partial charge in [-0.15, -0.1) is 0 Å². The van der Waals surface area contributed by atoms with Crippen LogP contribution in [0.2, 0.25) is 0 Å². The zero-order valence-electron chi connectivity index (χ0n) is 19.2. The third-order valence-electron chi connectivity index (χ3n) is 6.77. The average Bonchev–Trinajstić information content (AvgIpc) is 2.71. The number of nitrogens with zero attached hydrogens (tertiary/aromatic N) is 3. The summed E-state index contributed by atoms with van der Waals surface area (Å²) in [6, 6.07) is 8.40. The average molecular weight is 428 g/mol. The predicted octanol–water partition coefficient (Wildman–Crippen LogP) is 2.40. The summed E-state index contributed by atoms with van der Waals surface area (Å²) in [6.07, 6.45) is 4.27. The van der Waals surface area contributed by atoms with Crippen molar-refractivity contribution in [2.24, 2.45) is 10.9 Å². The second-order valence-corrected chi connectivity index (χ2v) is 9.59. The number of benzene rings is 1. The molecule has 170 valence electrons. The number of hydrogen-bond donors (Lipinski definition) is 2. The second kappa shape index (κ2) is 9.47. The molecule has 31 heavy (non-hydrogen) atoms. The maximum Gasteiger partial charge on any atom is 0.225 e. The van der Waals surface area contributed by atoms with Crippen molar-refractivity contribution < 1.29 is 9.53 Å². The Morgan fingerprint density at radius 1 is 1.19 bits per heavy atom. The fourth-order valence-electron chi connectivity index (χ4n) is 4.73. The van der Waals surface area contributed by atoms with Crippen LogP contribution in [-0.2, 0) is 4.79 Å². The number of nitrogens with one attached hydrogen (secondary N) is 2. The number of ether oxygens (including phenoxy) is 1. The molecule has 0 spiro atoms. The maximum atomic E-state index is 12.4. The quantitative estimate of drug-likeness (QED) is 0.558. The van der Waals surface area contributed by atoms with Gasteiger partial charge >= 0.3 is 0 Å². The maximum absolute atomic E-state index is 12.4. The van der Waals surface area contributed by atoms with Gasteiger partial charge in [0.2, 0.25) is 5.91 Å². The molecule has 2 fully saturated rings. The molecule has 1 aliphatic carbocycles. The molecule has 1 aromatic carbocycles. The molecule has 1 saturated heterocycles. The third-order valence-corrected chi connectivity index (χ3v) is 6.77. The van der Waals surface area contributed by atoms with Crippen LogP contribution in [-0.4, -0.2) is 73.6 Å². The van der Waals surface area contributed by atoms with Gasteiger partial charge in [-0.1, -0.05) is 24.6 Å². The van der Waals surface area contributed by atoms with Crippen molar-refractivity contribution in [3.05, 3.63) is 29.8 Å². The molecule has 3 aliphatic rings. The lowest BCUT2D eigenvalue weighted by Crippen LogP contribution is -2.52. The molecule has 1 aromatic rings. The second-order valence-electron chi connectivity index (χ2n) is 9.59. The van der Waals surface area contributed by atoms with E-state index in [4.69, 9.17) is 4.74 Å². The monoisotopic (exact) mass is 427 g/mol. The molecule has 1 atom stereocenters. The Balaban J connectivity index is 1.23. The van der Waals surface area contributed by atoms with Crippen LogP contribution in [0.1, 0.15) is 51.1 Å². The molecule has 2 aliphatic heterocycles. The first-order valence-corrected chi connectivity index (χ1v) is 11.7. The lowest BCUT2D eigenvalue weighted by atomic mass is 9.84. The number of piperazine rings is 1. The van der Waals surface area contributed by atoms with Gasteiger partial charge in [0.1, 0.15) is 11.4 Å². The minimum atomic E-state index is -0.221. The van der Waals surface area contributed by atoms with Gasteiger partial charge < -0.3 is 20.3 Å². The van der Waals surface area contributed by atoms with E-state index in [-0.39, 0.29) is 11.6 Å². The van der Waals surface area contributed by atoms with Crippen molar-refractivity contribution in [3.63, 3.8) is 0 Å². The Bertz CT molecular complexity index is 797. The highest BCUT2D eigenvalue weighted by atomic mass is 16.5. The van der Waals surface area contributed by atoms with Crippen molar-refractivity contribution in [3.8, 4) is 5.75 Å². The van der Waals surface area contributed by atoms with Crippen molar-refractivity contribution in [1.29, 1.82) is 0 Å². The van der Waals surface area contributed by atoms with Crippen LogP contribution in [0.15, 0.2) is 29.3 Å². The van der Waals surface area contributed by atoms with Gasteiger partial charge in [-0.25, -0.2) is 0 Å². The van der Waals surface area contributed by atoms with E-state index in [1.165, 1.54) is 12.0 Å². The summed E-state index contributed by atoms with van der Waals surface area (Å²) < 4.78 is 6.14. The highest BCUT2D eigenvalue weighted by Crippen LogP contribution is 2.39. The molecule has 1 unspecified atom stereocenters. The number of para-hydroxylation sites is 1. The Hall–Kier alpha value is -2.28. The first-order valence-electron chi connectivity index (χ1n) is 11.7. The van der Waals surface area contributed by atoms with Crippen LogP contribution in [0.4, 0.5) is 0 Å². The summed E-state index contributed by atoms with van der Waals surface area (Å²) in [7, 11) is 1.82. The van der Waals surface area contributed by atoms with Crippen molar-refractivity contribution in [2.75, 3.05) is 46.3 Å². The van der Waals surface area contributed by atoms with Gasteiger partial charge in [0, 0.05) is 64.2 Å². The van der Waals surface area contributed by atoms with Gasteiger partial charge in [-0.2, -0.15) is 0 Å². The minimum Gasteiger partial charge on any atom is -0.487 e. The first-order chi connectivity index (χ1) is 14.9. The number of amides is 1. The molecular weight excluding hydrogens is 390 g/mol. The minimum absolute atomic E-state index is 0.159. The number of carbonyl (C=O) groups excluding carboxylic acids is 1. The van der Waals surface area contributed by atoms with E-state index < -0.39 is 0 Å². The highest BCUT2D eigenvalue weighted by molar-refractivity contribution is 5.80. The zero-order chi connectivity index (χ0) is 21.8. The van der Waals surface area contributed by atoms with Crippen LogP contribution in [0.25, 0.3) is 0 Å². The zero-order valence-corrected chi connectivity index (χ0v) is 19.2. The Kier molecular flexibility index (Phi) is 6.70. The fraction of sp³-hybridized carbons (Fsp3) is 0.667. The summed E-state index contributed by atoms with van der Waals surface area (Å²) in [6.45, 7) is 9.65. The smallest absolute Gasteiger partial charge is 0.225 e. The normalized spacial score (nSPS) is 24.0. The molecule has 0 aromatic heterocycles. The van der Waals surface area contributed by atoms with Crippen LogP contribution < -0.4 is 15.4 Å². The Morgan fingerprint density at radius 2 is 1.94 bits per heavy atom. The number of fused-ring (bicyclic) bond motifs is 1. The summed E-state index contributed by atoms with van der Waals surface area (Å²) in [5.41, 5.74) is 0.957. The highest BCUT2D eigenvalue weighted by Gasteiger charge is 2.34. The van der Waals surface area contributed by atoms with E-state index in [0.717, 1.165) is 70.2 Å². The van der Waals surface area contributed by atoms with E-state index in [9.17, 15) is 4.79 Å². The Morgan fingerprint density at radius 3 is 2.61 bits per heavy atom. The van der Waals surface area contributed by atoms with Crippen LogP contribution in [0, 0.1) is 5.92 Å². The molecule has 0 bridgehead atoms. The first kappa shape index (κ1) is 21.9. The van der Waals surface area contributed by atoms with Gasteiger partial charge in [-0.05, 0) is 32.8 Å². The van der Waals surface area contributed by atoms with E-state index in [0.29, 0.717) is 11.8 Å². The molecule has 2 N–H and O–H groups in total. The summed E-state index contributed by atoms with van der Waals surface area (Å²) in [5.74, 6) is 2.45. The Labute approximate surface area is 186 Å². The summed E-state index contributed by atoms with van der Waals surface area (Å²) in [4.78, 5) is 21.3. The van der Waals surface area contributed by atoms with Crippen LogP contribution in [0.5, 0.6) is 5.75 Å². The standard InChI is InChI=1S/C24H37N5O2/c1-24(2)17-20(19-9-4-5-10-21(19)31-24)27-23(25-3)26-11-12-28-13-15-29(16-14-28)22(30)18-7-6-8-18/h4-5,9-10,18,20H,6-8,11-17H2,1-3H3,(H2,25,26,27). The van der Waals surface area contributed by atoms with Gasteiger partial charge in [0.15, 0.2) is 5.96 Å². The number of hydrogen-bond acceptors (Lipinski definition) is 4. The number of rotatable bonds is 5. The van der Waals surface area contributed by atoms with E-state index in [2.05, 4.69) is 51.4 Å². The largest absolute Gasteiger partial charge is 0.487 e. The van der Waals surface area contributed by atoms with Gasteiger partial charge in [-0.3, -0.25) is 14.7 Å². The van der Waals surface area contributed by atoms with Crippen LogP contribution in [0.3, 0.4) is 0 Å². The molecule has 1 amide bonds. The lowest BCUT2D eigenvalue weighted by molar-refractivity contribution is -0.139. The summed E-state index contributed by atoms with van der Waals surface area (Å²) in [5, 5.41) is 7.06. The van der Waals surface area contributed by atoms with Crippen LogP contribution >= 0.6 is 0 Å². The van der Waals surface area contributed by atoms with Crippen molar-refractivity contribution in [2.45, 2.75) is 51.2 Å². The van der Waals surface area contributed by atoms with Gasteiger partial charge in [0.25, 0.3) is 0 Å². The molecule has 1 saturated carbocycles. The topological polar surface area (TPSA) is 69.2 Å². The van der Waals surface area contributed by atoms with E-state index in [1.807, 2.05) is 19.2 Å². The molecule has 7 heteroatoms. The predicted molar refractivity (Wildman–Crippen MR) is 123 cm³/mol. The molecule has 7 nitrogen and oxygen atoms in total. The summed E-state index contributed by atoms with van der Waals surface area (Å²) >= 11 is 0. The van der Waals surface area contributed by atoms with Crippen molar-refractivity contribution in [1.82, 2.24) is 20.4 Å². The number of guanidine groups is 1. The fourth-order valence-corrected chi connectivity index (χ4v) is 4.73. The van der Waals surface area contributed by atoms with E-state index in [1.54, 1.807) is 0 Å². The number of aliphatic imine (C=N–C) groups is 1. The molecular formula is C24H37N5O2.